The maximum atomic E-state index is 9.55. The molecule has 2 rings (SSSR count). The molecule has 2 N–H and O–H groups in total. The highest BCUT2D eigenvalue weighted by atomic mass is 15.1. The molecule has 0 fully saturated rings. The van der Waals surface area contributed by atoms with Crippen LogP contribution >= 0.6 is 0 Å². The first kappa shape index (κ1) is 15.1. The Labute approximate surface area is 126 Å². The monoisotopic (exact) mass is 279 g/mol. The molecule has 108 valence electrons. The number of anilines is 1. The molecule has 1 atom stereocenters. The van der Waals surface area contributed by atoms with E-state index in [9.17, 15) is 5.26 Å². The topological polar surface area (TPSA) is 53.0 Å². The number of likely N-dealkylation sites (N-methyl/N-ethyl adjacent to an activating group) is 1. The lowest BCUT2D eigenvalue weighted by molar-refractivity contribution is 0.571. The molecular formula is C18H21N3. The summed E-state index contributed by atoms with van der Waals surface area (Å²) >= 11 is 0. The van der Waals surface area contributed by atoms with Crippen molar-refractivity contribution < 1.29 is 0 Å². The van der Waals surface area contributed by atoms with Crippen LogP contribution < -0.4 is 10.6 Å². The highest BCUT2D eigenvalue weighted by Crippen LogP contribution is 2.24. The van der Waals surface area contributed by atoms with Crippen LogP contribution in [0.15, 0.2) is 48.5 Å². The summed E-state index contributed by atoms with van der Waals surface area (Å²) in [5.74, 6) is 0. The Kier molecular flexibility index (Phi) is 4.30. The molecule has 2 aromatic rings. The molecule has 0 aromatic heterocycles. The quantitative estimate of drug-likeness (QED) is 0.935. The van der Waals surface area contributed by atoms with Crippen LogP contribution in [0.2, 0.25) is 0 Å². The van der Waals surface area contributed by atoms with Gasteiger partial charge in [0.25, 0.3) is 0 Å². The van der Waals surface area contributed by atoms with Crippen LogP contribution in [-0.2, 0) is 5.54 Å². The lowest BCUT2D eigenvalue weighted by atomic mass is 9.91. The van der Waals surface area contributed by atoms with Gasteiger partial charge in [-0.1, -0.05) is 48.0 Å². The van der Waals surface area contributed by atoms with Gasteiger partial charge in [0.15, 0.2) is 0 Å². The minimum atomic E-state index is -1.02. The van der Waals surface area contributed by atoms with Gasteiger partial charge >= 0.3 is 0 Å². The number of benzene rings is 2. The van der Waals surface area contributed by atoms with Crippen molar-refractivity contribution in [2.75, 3.05) is 18.5 Å². The van der Waals surface area contributed by atoms with E-state index >= 15 is 0 Å². The molecule has 21 heavy (non-hydrogen) atoms. The third-order valence-electron chi connectivity index (χ3n) is 3.74. The third-order valence-corrected chi connectivity index (χ3v) is 3.74. The van der Waals surface area contributed by atoms with Gasteiger partial charge in [-0.2, -0.15) is 5.26 Å². The Morgan fingerprint density at radius 2 is 1.81 bits per heavy atom. The van der Waals surface area contributed by atoms with E-state index in [-0.39, 0.29) is 0 Å². The molecule has 0 saturated heterocycles. The molecule has 0 heterocycles. The number of hydrogen-bond donors (Lipinski definition) is 1. The van der Waals surface area contributed by atoms with E-state index in [4.69, 9.17) is 5.73 Å². The highest BCUT2D eigenvalue weighted by Gasteiger charge is 2.29. The standard InChI is InChI=1S/C18H21N3/c1-14-9-10-17(15(2)11-14)21(3)13-18(20,12-19)16-7-5-4-6-8-16/h4-11H,13,20H2,1-3H3. The fourth-order valence-electron chi connectivity index (χ4n) is 2.62. The maximum Gasteiger partial charge on any atom is 0.147 e. The summed E-state index contributed by atoms with van der Waals surface area (Å²) < 4.78 is 0. The largest absolute Gasteiger partial charge is 0.371 e. The minimum Gasteiger partial charge on any atom is -0.371 e. The van der Waals surface area contributed by atoms with Crippen LogP contribution in [0.4, 0.5) is 5.69 Å². The van der Waals surface area contributed by atoms with Gasteiger partial charge in [-0.3, -0.25) is 0 Å². The Morgan fingerprint density at radius 3 is 2.38 bits per heavy atom. The first-order chi connectivity index (χ1) is 9.96. The third kappa shape index (κ3) is 3.24. The van der Waals surface area contributed by atoms with Crippen molar-refractivity contribution >= 4 is 5.69 Å². The van der Waals surface area contributed by atoms with Gasteiger partial charge in [0.1, 0.15) is 5.54 Å². The van der Waals surface area contributed by atoms with E-state index in [0.717, 1.165) is 11.3 Å². The number of nitrogens with zero attached hydrogens (tertiary/aromatic N) is 2. The van der Waals surface area contributed by atoms with Crippen molar-refractivity contribution in [3.8, 4) is 6.07 Å². The first-order valence-electron chi connectivity index (χ1n) is 7.00. The van der Waals surface area contributed by atoms with E-state index in [0.29, 0.717) is 6.54 Å². The maximum absolute atomic E-state index is 9.55. The fraction of sp³-hybridized carbons (Fsp3) is 0.278. The second kappa shape index (κ2) is 5.99. The predicted octanol–water partition coefficient (Wildman–Crippen LogP) is 3.12. The molecule has 0 saturated carbocycles. The van der Waals surface area contributed by atoms with Gasteiger partial charge in [-0.25, -0.2) is 0 Å². The highest BCUT2D eigenvalue weighted by molar-refractivity contribution is 5.55. The molecule has 0 spiro atoms. The smallest absolute Gasteiger partial charge is 0.147 e. The summed E-state index contributed by atoms with van der Waals surface area (Å²) in [6.07, 6.45) is 0. The number of nitriles is 1. The molecule has 0 radical (unpaired) electrons. The molecule has 1 unspecified atom stereocenters. The van der Waals surface area contributed by atoms with Gasteiger partial charge in [0.05, 0.1) is 12.6 Å². The number of aryl methyl sites for hydroxylation is 2. The molecule has 0 bridgehead atoms. The predicted molar refractivity (Wildman–Crippen MR) is 87.1 cm³/mol. The van der Waals surface area contributed by atoms with Crippen LogP contribution in [0.25, 0.3) is 0 Å². The van der Waals surface area contributed by atoms with Crippen LogP contribution in [0.3, 0.4) is 0 Å². The molecular weight excluding hydrogens is 258 g/mol. The molecule has 0 aliphatic rings. The van der Waals surface area contributed by atoms with Gasteiger partial charge in [0, 0.05) is 12.7 Å². The van der Waals surface area contributed by atoms with Gasteiger partial charge in [0.2, 0.25) is 0 Å². The second-order valence-corrected chi connectivity index (χ2v) is 5.60. The van der Waals surface area contributed by atoms with Crippen LogP contribution in [0, 0.1) is 25.2 Å². The summed E-state index contributed by atoms with van der Waals surface area (Å²) in [5, 5.41) is 9.55. The molecule has 0 aliphatic carbocycles. The average molecular weight is 279 g/mol. The van der Waals surface area contributed by atoms with Crippen LogP contribution in [-0.4, -0.2) is 13.6 Å². The fourth-order valence-corrected chi connectivity index (χ4v) is 2.62. The second-order valence-electron chi connectivity index (χ2n) is 5.60. The van der Waals surface area contributed by atoms with E-state index in [1.807, 2.05) is 42.3 Å². The van der Waals surface area contributed by atoms with E-state index < -0.39 is 5.54 Å². The van der Waals surface area contributed by atoms with Crippen LogP contribution in [0.5, 0.6) is 0 Å². The van der Waals surface area contributed by atoms with Gasteiger partial charge in [-0.15, -0.1) is 0 Å². The van der Waals surface area contributed by atoms with E-state index in [2.05, 4.69) is 38.1 Å². The molecule has 3 heteroatoms. The first-order valence-corrected chi connectivity index (χ1v) is 7.00. The molecule has 2 aromatic carbocycles. The summed E-state index contributed by atoms with van der Waals surface area (Å²) in [7, 11) is 1.97. The van der Waals surface area contributed by atoms with Crippen molar-refractivity contribution in [2.24, 2.45) is 5.73 Å². The molecule has 0 amide bonds. The van der Waals surface area contributed by atoms with Crippen molar-refractivity contribution in [3.05, 3.63) is 65.2 Å². The van der Waals surface area contributed by atoms with Crippen molar-refractivity contribution in [1.29, 1.82) is 5.26 Å². The Morgan fingerprint density at radius 1 is 1.14 bits per heavy atom. The van der Waals surface area contributed by atoms with Crippen molar-refractivity contribution in [3.63, 3.8) is 0 Å². The lowest BCUT2D eigenvalue weighted by Crippen LogP contribution is -2.45. The zero-order valence-corrected chi connectivity index (χ0v) is 12.8. The molecule has 3 nitrogen and oxygen atoms in total. The zero-order chi connectivity index (χ0) is 15.5. The van der Waals surface area contributed by atoms with Crippen LogP contribution in [0.1, 0.15) is 16.7 Å². The van der Waals surface area contributed by atoms with E-state index in [1.54, 1.807) is 0 Å². The number of nitrogens with two attached hydrogens (primary N) is 1. The van der Waals surface area contributed by atoms with Gasteiger partial charge in [-0.05, 0) is 31.0 Å². The normalized spacial score (nSPS) is 13.3. The average Bonchev–Trinajstić information content (AvgIpc) is 2.47. The van der Waals surface area contributed by atoms with E-state index in [1.165, 1.54) is 11.1 Å². The Bertz CT molecular complexity index is 658. The summed E-state index contributed by atoms with van der Waals surface area (Å²) in [6, 6.07) is 18.1. The number of hydrogen-bond acceptors (Lipinski definition) is 3. The number of rotatable bonds is 4. The summed E-state index contributed by atoms with van der Waals surface area (Å²) in [5.41, 5.74) is 9.66. The Balaban J connectivity index is 2.28. The summed E-state index contributed by atoms with van der Waals surface area (Å²) in [4.78, 5) is 2.05. The van der Waals surface area contributed by atoms with Crippen molar-refractivity contribution in [2.45, 2.75) is 19.4 Å². The Hall–Kier alpha value is -2.31. The van der Waals surface area contributed by atoms with Crippen molar-refractivity contribution in [1.82, 2.24) is 0 Å². The summed E-state index contributed by atoms with van der Waals surface area (Å²) in [6.45, 7) is 4.59. The molecule has 0 aliphatic heterocycles. The minimum absolute atomic E-state index is 0.442. The van der Waals surface area contributed by atoms with Gasteiger partial charge < -0.3 is 10.6 Å². The lowest BCUT2D eigenvalue weighted by Gasteiger charge is -2.30. The SMILES string of the molecule is Cc1ccc(N(C)CC(N)(C#N)c2ccccc2)c(C)c1. The zero-order valence-electron chi connectivity index (χ0n) is 12.8.